The second-order valence-electron chi connectivity index (χ2n) is 7.98. The number of nitrogens with zero attached hydrogens (tertiary/aromatic N) is 2. The van der Waals surface area contributed by atoms with E-state index in [1.54, 1.807) is 40.8 Å². The Morgan fingerprint density at radius 2 is 2.00 bits per heavy atom. The molecule has 2 amide bonds. The van der Waals surface area contributed by atoms with Crippen LogP contribution in [0.1, 0.15) is 52.2 Å². The SMILES string of the molecule is Cc1ccn(CC2CCCO2)c(=O)c1C(=O)NC1CCN(C(=O)c2ccco2)CC1. The van der Waals surface area contributed by atoms with Crippen LogP contribution in [-0.2, 0) is 11.3 Å². The summed E-state index contributed by atoms with van der Waals surface area (Å²) in [6.45, 7) is 4.02. The summed E-state index contributed by atoms with van der Waals surface area (Å²) in [6.07, 6.45) is 6.43. The van der Waals surface area contributed by atoms with Crippen LogP contribution in [0, 0.1) is 6.92 Å². The summed E-state index contributed by atoms with van der Waals surface area (Å²) >= 11 is 0. The van der Waals surface area contributed by atoms with Crippen LogP contribution in [0.3, 0.4) is 0 Å². The van der Waals surface area contributed by atoms with E-state index < -0.39 is 0 Å². The van der Waals surface area contributed by atoms with Crippen LogP contribution in [0.5, 0.6) is 0 Å². The molecule has 2 aromatic heterocycles. The predicted molar refractivity (Wildman–Crippen MR) is 110 cm³/mol. The van der Waals surface area contributed by atoms with Crippen molar-refractivity contribution in [3.63, 3.8) is 0 Å². The number of rotatable bonds is 5. The van der Waals surface area contributed by atoms with Gasteiger partial charge in [-0.05, 0) is 56.4 Å². The standard InChI is InChI=1S/C22H27N3O5/c1-15-6-9-25(14-17-4-2-12-29-17)22(28)19(15)20(26)23-16-7-10-24(11-8-16)21(27)18-5-3-13-30-18/h3,5-6,9,13,16-17H,2,4,7-8,10-12,14H2,1H3,(H,23,26). The molecule has 1 atom stereocenters. The first-order valence-corrected chi connectivity index (χ1v) is 10.5. The number of hydrogen-bond acceptors (Lipinski definition) is 5. The Morgan fingerprint density at radius 1 is 1.20 bits per heavy atom. The maximum absolute atomic E-state index is 12.9. The third-order valence-corrected chi connectivity index (χ3v) is 5.87. The normalized spacial score (nSPS) is 19.8. The highest BCUT2D eigenvalue weighted by Gasteiger charge is 2.27. The second kappa shape index (κ2) is 8.87. The van der Waals surface area contributed by atoms with Crippen LogP contribution in [-0.4, -0.2) is 53.1 Å². The van der Waals surface area contributed by atoms with E-state index in [2.05, 4.69) is 5.32 Å². The quantitative estimate of drug-likeness (QED) is 0.809. The number of pyridine rings is 1. The van der Waals surface area contributed by atoms with Gasteiger partial charge in [-0.15, -0.1) is 0 Å². The number of aryl methyl sites for hydroxylation is 1. The lowest BCUT2D eigenvalue weighted by Crippen LogP contribution is -2.47. The number of hydrogen-bond donors (Lipinski definition) is 1. The molecule has 0 saturated carbocycles. The summed E-state index contributed by atoms with van der Waals surface area (Å²) in [5, 5.41) is 2.99. The fraction of sp³-hybridized carbons (Fsp3) is 0.500. The Morgan fingerprint density at radius 3 is 2.67 bits per heavy atom. The highest BCUT2D eigenvalue weighted by molar-refractivity contribution is 5.95. The maximum atomic E-state index is 12.9. The molecule has 0 spiro atoms. The molecular formula is C22H27N3O5. The van der Waals surface area contributed by atoms with E-state index in [0.717, 1.165) is 19.4 Å². The van der Waals surface area contributed by atoms with E-state index in [1.807, 2.05) is 0 Å². The molecule has 0 aromatic carbocycles. The van der Waals surface area contributed by atoms with E-state index in [9.17, 15) is 14.4 Å². The van der Waals surface area contributed by atoms with E-state index >= 15 is 0 Å². The molecule has 2 saturated heterocycles. The minimum Gasteiger partial charge on any atom is -0.459 e. The smallest absolute Gasteiger partial charge is 0.289 e. The van der Waals surface area contributed by atoms with Crippen molar-refractivity contribution in [1.82, 2.24) is 14.8 Å². The van der Waals surface area contributed by atoms with Crippen LogP contribution in [0.2, 0.25) is 0 Å². The lowest BCUT2D eigenvalue weighted by Gasteiger charge is -2.32. The average Bonchev–Trinajstić information content (AvgIpc) is 3.44. The molecule has 160 valence electrons. The van der Waals surface area contributed by atoms with Crippen LogP contribution < -0.4 is 10.9 Å². The summed E-state index contributed by atoms with van der Waals surface area (Å²) in [7, 11) is 0. The van der Waals surface area contributed by atoms with Gasteiger partial charge in [0.05, 0.1) is 18.9 Å². The van der Waals surface area contributed by atoms with Crippen molar-refractivity contribution < 1.29 is 18.7 Å². The minimum atomic E-state index is -0.352. The molecule has 2 aromatic rings. The topological polar surface area (TPSA) is 93.8 Å². The number of aromatic nitrogens is 1. The highest BCUT2D eigenvalue weighted by Crippen LogP contribution is 2.16. The monoisotopic (exact) mass is 413 g/mol. The number of piperidine rings is 1. The van der Waals surface area contributed by atoms with Gasteiger partial charge < -0.3 is 23.9 Å². The molecule has 1 N–H and O–H groups in total. The summed E-state index contributed by atoms with van der Waals surface area (Å²) in [4.78, 5) is 39.9. The van der Waals surface area contributed by atoms with Gasteiger partial charge in [-0.25, -0.2) is 0 Å². The zero-order chi connectivity index (χ0) is 21.1. The van der Waals surface area contributed by atoms with E-state index in [4.69, 9.17) is 9.15 Å². The molecule has 4 rings (SSSR count). The van der Waals surface area contributed by atoms with E-state index in [0.29, 0.717) is 43.8 Å². The Bertz CT molecular complexity index is 952. The van der Waals surface area contributed by atoms with Gasteiger partial charge in [0.25, 0.3) is 17.4 Å². The number of nitrogens with one attached hydrogen (secondary N) is 1. The molecule has 2 aliphatic heterocycles. The Kier molecular flexibility index (Phi) is 6.03. The van der Waals surface area contributed by atoms with Gasteiger partial charge in [-0.3, -0.25) is 14.4 Å². The van der Waals surface area contributed by atoms with Crippen molar-refractivity contribution in [3.05, 3.63) is 57.9 Å². The van der Waals surface area contributed by atoms with Crippen LogP contribution in [0.15, 0.2) is 39.9 Å². The fourth-order valence-corrected chi connectivity index (χ4v) is 4.13. The first-order valence-electron chi connectivity index (χ1n) is 10.5. The van der Waals surface area contributed by atoms with Crippen molar-refractivity contribution >= 4 is 11.8 Å². The largest absolute Gasteiger partial charge is 0.459 e. The van der Waals surface area contributed by atoms with Crippen LogP contribution in [0.4, 0.5) is 0 Å². The van der Waals surface area contributed by atoms with Crippen molar-refractivity contribution in [1.29, 1.82) is 0 Å². The zero-order valence-electron chi connectivity index (χ0n) is 17.1. The first kappa shape index (κ1) is 20.4. The number of ether oxygens (including phenoxy) is 1. The zero-order valence-corrected chi connectivity index (χ0v) is 17.1. The maximum Gasteiger partial charge on any atom is 0.289 e. The number of amides is 2. The fourth-order valence-electron chi connectivity index (χ4n) is 4.13. The lowest BCUT2D eigenvalue weighted by molar-refractivity contribution is 0.0667. The van der Waals surface area contributed by atoms with Gasteiger partial charge in [0, 0.05) is 31.9 Å². The molecule has 2 aliphatic rings. The third kappa shape index (κ3) is 4.33. The van der Waals surface area contributed by atoms with E-state index in [-0.39, 0.29) is 35.1 Å². The minimum absolute atomic E-state index is 0.0253. The van der Waals surface area contributed by atoms with Gasteiger partial charge >= 0.3 is 0 Å². The van der Waals surface area contributed by atoms with E-state index in [1.165, 1.54) is 6.26 Å². The predicted octanol–water partition coefficient (Wildman–Crippen LogP) is 1.96. The highest BCUT2D eigenvalue weighted by atomic mass is 16.5. The second-order valence-corrected chi connectivity index (χ2v) is 7.98. The van der Waals surface area contributed by atoms with Crippen molar-refractivity contribution in [2.75, 3.05) is 19.7 Å². The Hall–Kier alpha value is -2.87. The number of carbonyl (C=O) groups excluding carboxylic acids is 2. The van der Waals surface area contributed by atoms with Crippen molar-refractivity contribution in [3.8, 4) is 0 Å². The molecule has 30 heavy (non-hydrogen) atoms. The van der Waals surface area contributed by atoms with Crippen LogP contribution >= 0.6 is 0 Å². The molecule has 0 bridgehead atoms. The Balaban J connectivity index is 1.38. The third-order valence-electron chi connectivity index (χ3n) is 5.87. The number of likely N-dealkylation sites (tertiary alicyclic amines) is 1. The van der Waals surface area contributed by atoms with Crippen molar-refractivity contribution in [2.45, 2.75) is 51.3 Å². The van der Waals surface area contributed by atoms with Gasteiger partial charge in [-0.2, -0.15) is 0 Å². The average molecular weight is 413 g/mol. The molecule has 8 nitrogen and oxygen atoms in total. The number of furan rings is 1. The van der Waals surface area contributed by atoms with Gasteiger partial charge in [-0.1, -0.05) is 0 Å². The van der Waals surface area contributed by atoms with Crippen LogP contribution in [0.25, 0.3) is 0 Å². The summed E-state index contributed by atoms with van der Waals surface area (Å²) < 4.78 is 12.4. The summed E-state index contributed by atoms with van der Waals surface area (Å²) in [6, 6.07) is 5.06. The first-order chi connectivity index (χ1) is 14.5. The molecule has 8 heteroatoms. The molecular weight excluding hydrogens is 386 g/mol. The molecule has 1 unspecified atom stereocenters. The number of carbonyl (C=O) groups is 2. The Labute approximate surface area is 174 Å². The molecule has 2 fully saturated rings. The van der Waals surface area contributed by atoms with Crippen molar-refractivity contribution in [2.24, 2.45) is 0 Å². The molecule has 0 radical (unpaired) electrons. The molecule has 0 aliphatic carbocycles. The van der Waals surface area contributed by atoms with Gasteiger partial charge in [0.1, 0.15) is 5.56 Å². The molecule has 4 heterocycles. The lowest BCUT2D eigenvalue weighted by atomic mass is 10.0. The summed E-state index contributed by atoms with van der Waals surface area (Å²) in [5.41, 5.74) is 0.560. The summed E-state index contributed by atoms with van der Waals surface area (Å²) in [5.74, 6) is -0.167. The van der Waals surface area contributed by atoms with Gasteiger partial charge in [0.2, 0.25) is 0 Å². The van der Waals surface area contributed by atoms with Gasteiger partial charge in [0.15, 0.2) is 5.76 Å².